The molecular weight excluding hydrogens is 536 g/mol. The number of hydrogen-bond donors (Lipinski definition) is 6. The first-order chi connectivity index (χ1) is 18.2. The fraction of sp³-hybridized carbons (Fsp3) is 0.552. The van der Waals surface area contributed by atoms with E-state index in [9.17, 15) is 19.0 Å². The van der Waals surface area contributed by atoms with E-state index in [-0.39, 0.29) is 18.3 Å². The Bertz CT molecular complexity index is 1010. The van der Waals surface area contributed by atoms with Crippen molar-refractivity contribution in [2.75, 3.05) is 41.6 Å². The van der Waals surface area contributed by atoms with Crippen LogP contribution in [0, 0.1) is 5.92 Å². The van der Waals surface area contributed by atoms with Gasteiger partial charge in [0, 0.05) is 30.9 Å². The molecule has 1 heterocycles. The molecule has 2 atom stereocenters. The molecule has 3 rings (SSSR count). The molecule has 0 aliphatic carbocycles. The number of aliphatic hydroxyl groups is 1. The Morgan fingerprint density at radius 1 is 1.10 bits per heavy atom. The third kappa shape index (κ3) is 10.5. The molecule has 1 fully saturated rings. The van der Waals surface area contributed by atoms with Crippen molar-refractivity contribution >= 4 is 40.5 Å². The zero-order valence-corrected chi connectivity index (χ0v) is 25.1. The topological polar surface area (TPSA) is 117 Å². The van der Waals surface area contributed by atoms with Crippen LogP contribution in [0.5, 0.6) is 0 Å². The zero-order valence-electron chi connectivity index (χ0n) is 23.4. The number of halogens is 1. The fourth-order valence-electron chi connectivity index (χ4n) is 4.73. The second kappa shape index (κ2) is 16.3. The molecule has 10 heteroatoms. The molecule has 0 saturated carbocycles. The third-order valence-electron chi connectivity index (χ3n) is 6.80. The van der Waals surface area contributed by atoms with Crippen molar-refractivity contribution in [3.8, 4) is 0 Å². The van der Waals surface area contributed by atoms with Gasteiger partial charge in [-0.15, -0.1) is 23.2 Å². The van der Waals surface area contributed by atoms with Crippen LogP contribution in [0.15, 0.2) is 48.5 Å². The number of anilines is 2. The molecule has 0 spiro atoms. The predicted octanol–water partition coefficient (Wildman–Crippen LogP) is 5.53. The van der Waals surface area contributed by atoms with E-state index in [1.54, 1.807) is 16.4 Å². The molecule has 2 aromatic carbocycles. The van der Waals surface area contributed by atoms with E-state index in [0.29, 0.717) is 49.0 Å². The summed E-state index contributed by atoms with van der Waals surface area (Å²) in [5, 5.41) is 20.7. The summed E-state index contributed by atoms with van der Waals surface area (Å²) in [6, 6.07) is 14.7. The van der Waals surface area contributed by atoms with Crippen LogP contribution in [0.4, 0.5) is 11.4 Å². The van der Waals surface area contributed by atoms with Crippen molar-refractivity contribution in [2.45, 2.75) is 65.0 Å². The number of amides is 1. The molecule has 220 valence electrons. The highest BCUT2D eigenvalue weighted by molar-refractivity contribution is 8.25. The lowest BCUT2D eigenvalue weighted by molar-refractivity contribution is 0.0830. The summed E-state index contributed by atoms with van der Waals surface area (Å²) in [4.78, 5) is 13.5. The minimum absolute atomic E-state index is 0. The lowest BCUT2D eigenvalue weighted by atomic mass is 10.00. The first-order valence-corrected chi connectivity index (χ1v) is 15.5. The van der Waals surface area contributed by atoms with Gasteiger partial charge in [-0.05, 0) is 75.3 Å². The van der Waals surface area contributed by atoms with Crippen LogP contribution in [-0.2, 0) is 6.42 Å². The number of hydrogen-bond acceptors (Lipinski definition) is 7. The van der Waals surface area contributed by atoms with Gasteiger partial charge in [0.05, 0.1) is 23.6 Å². The molecule has 6 N–H and O–H groups in total. The summed E-state index contributed by atoms with van der Waals surface area (Å²) in [6.45, 7) is 8.76. The molecule has 8 nitrogen and oxygen atoms in total. The van der Waals surface area contributed by atoms with E-state index < -0.39 is 22.9 Å². The molecule has 1 aliphatic rings. The number of aliphatic hydroxyl groups excluding tert-OH is 1. The summed E-state index contributed by atoms with van der Waals surface area (Å²) in [6.07, 6.45) is 3.51. The fourth-order valence-corrected chi connectivity index (χ4v) is 6.40. The monoisotopic (exact) mass is 582 g/mol. The average molecular weight is 583 g/mol. The Morgan fingerprint density at radius 3 is 2.51 bits per heavy atom. The number of nitrogens with zero attached hydrogens (tertiary/aromatic N) is 1. The predicted molar refractivity (Wildman–Crippen MR) is 166 cm³/mol. The van der Waals surface area contributed by atoms with Crippen LogP contribution < -0.4 is 20.3 Å². The molecule has 39 heavy (non-hydrogen) atoms. The van der Waals surface area contributed by atoms with Crippen molar-refractivity contribution < 1.29 is 19.0 Å². The Morgan fingerprint density at radius 2 is 1.85 bits per heavy atom. The summed E-state index contributed by atoms with van der Waals surface area (Å²) in [7, 11) is -2.92. The number of carbonyl (C=O) groups is 1. The van der Waals surface area contributed by atoms with Crippen LogP contribution in [0.2, 0.25) is 0 Å². The molecular formula is C29H47ClN4O4S. The van der Waals surface area contributed by atoms with Crippen molar-refractivity contribution in [3.63, 3.8) is 0 Å². The second-order valence-corrected chi connectivity index (χ2v) is 12.6. The van der Waals surface area contributed by atoms with Gasteiger partial charge in [0.15, 0.2) is 0 Å². The minimum Gasteiger partial charge on any atom is -0.390 e. The standard InChI is InChI=1S/C29H46N4O4S.ClH/c1-4-31-25-18-24(19-26(20-25)33-15-8-9-16-38(33,36)37)29(35)32-27(17-23-12-6-5-7-13-23)28(34)21-30-14-10-11-22(2)3;/h5-7,12-13,18-20,22,27-28,30-31,34,36-37H,4,8-11,14-17,21H2,1-3H3,(H,32,35);1H/t27-,28-;/m0./s1. The van der Waals surface area contributed by atoms with Gasteiger partial charge in [0.2, 0.25) is 0 Å². The first-order valence-electron chi connectivity index (χ1n) is 13.9. The van der Waals surface area contributed by atoms with Gasteiger partial charge in [-0.3, -0.25) is 18.2 Å². The molecule has 0 aromatic heterocycles. The first kappa shape index (κ1) is 33.2. The SMILES string of the molecule is CCNc1cc(C(=O)N[C@@H](Cc2ccccc2)[C@@H](O)CNCCCC(C)C)cc(N2CCCCS2(O)O)c1.Cl. The number of carbonyl (C=O) groups excluding carboxylic acids is 1. The average Bonchev–Trinajstić information content (AvgIpc) is 2.88. The van der Waals surface area contributed by atoms with Gasteiger partial charge in [0.25, 0.3) is 5.91 Å². The van der Waals surface area contributed by atoms with E-state index >= 15 is 0 Å². The maximum absolute atomic E-state index is 13.5. The normalized spacial score (nSPS) is 17.2. The highest BCUT2D eigenvalue weighted by Crippen LogP contribution is 2.50. The van der Waals surface area contributed by atoms with Crippen LogP contribution in [0.1, 0.15) is 62.4 Å². The highest BCUT2D eigenvalue weighted by Gasteiger charge is 2.28. The van der Waals surface area contributed by atoms with E-state index in [2.05, 4.69) is 29.8 Å². The number of benzene rings is 2. The lowest BCUT2D eigenvalue weighted by Crippen LogP contribution is -2.49. The van der Waals surface area contributed by atoms with Crippen molar-refractivity contribution in [1.29, 1.82) is 0 Å². The molecule has 1 aliphatic heterocycles. The Balaban J connectivity index is 0.00000533. The molecule has 0 bridgehead atoms. The minimum atomic E-state index is -2.92. The van der Waals surface area contributed by atoms with Crippen LogP contribution in [0.3, 0.4) is 0 Å². The molecule has 1 saturated heterocycles. The van der Waals surface area contributed by atoms with Crippen molar-refractivity contribution in [1.82, 2.24) is 10.6 Å². The van der Waals surface area contributed by atoms with E-state index in [0.717, 1.165) is 43.5 Å². The molecule has 0 unspecified atom stereocenters. The van der Waals surface area contributed by atoms with Gasteiger partial charge in [0.1, 0.15) is 0 Å². The second-order valence-electron chi connectivity index (χ2n) is 10.5. The van der Waals surface area contributed by atoms with Gasteiger partial charge in [-0.2, -0.15) is 0 Å². The smallest absolute Gasteiger partial charge is 0.251 e. The highest BCUT2D eigenvalue weighted by atomic mass is 35.5. The quantitative estimate of drug-likeness (QED) is 0.162. The maximum atomic E-state index is 13.5. The van der Waals surface area contributed by atoms with Crippen molar-refractivity contribution in [3.05, 3.63) is 59.7 Å². The Kier molecular flexibility index (Phi) is 13.9. The van der Waals surface area contributed by atoms with Gasteiger partial charge in [-0.25, -0.2) is 0 Å². The summed E-state index contributed by atoms with van der Waals surface area (Å²) in [5.41, 5.74) is 2.79. The van der Waals surface area contributed by atoms with E-state index in [4.69, 9.17) is 0 Å². The molecule has 2 aromatic rings. The third-order valence-corrected chi connectivity index (χ3v) is 8.73. The molecule has 1 amide bonds. The van der Waals surface area contributed by atoms with E-state index in [1.807, 2.05) is 43.3 Å². The maximum Gasteiger partial charge on any atom is 0.251 e. The number of rotatable bonds is 14. The molecule has 0 radical (unpaired) electrons. The van der Waals surface area contributed by atoms with Crippen LogP contribution >= 0.6 is 23.2 Å². The zero-order chi connectivity index (χ0) is 27.5. The Hall–Kier alpha value is -2.01. The van der Waals surface area contributed by atoms with Gasteiger partial charge >= 0.3 is 0 Å². The van der Waals surface area contributed by atoms with E-state index in [1.165, 1.54) is 0 Å². The van der Waals surface area contributed by atoms with Gasteiger partial charge < -0.3 is 21.1 Å². The number of nitrogens with one attached hydrogen (secondary N) is 3. The van der Waals surface area contributed by atoms with Crippen molar-refractivity contribution in [2.24, 2.45) is 5.92 Å². The summed E-state index contributed by atoms with van der Waals surface area (Å²) >= 11 is 0. The summed E-state index contributed by atoms with van der Waals surface area (Å²) in [5.74, 6) is 0.664. The van der Waals surface area contributed by atoms with Crippen LogP contribution in [-0.4, -0.2) is 64.2 Å². The van der Waals surface area contributed by atoms with Crippen LogP contribution in [0.25, 0.3) is 0 Å². The largest absolute Gasteiger partial charge is 0.390 e. The lowest BCUT2D eigenvalue weighted by Gasteiger charge is -2.47. The Labute approximate surface area is 241 Å². The van der Waals surface area contributed by atoms with Gasteiger partial charge in [-0.1, -0.05) is 44.2 Å². The summed E-state index contributed by atoms with van der Waals surface area (Å²) < 4.78 is 23.0.